The molecule has 4 N–H and O–H groups in total. The topological polar surface area (TPSA) is 75.9 Å². The SMILES string of the molecule is CC1(CNc2nc(NN)ncc2Br)CCCS1. The Morgan fingerprint density at radius 3 is 3.12 bits per heavy atom. The van der Waals surface area contributed by atoms with Gasteiger partial charge in [-0.2, -0.15) is 16.7 Å². The van der Waals surface area contributed by atoms with Crippen LogP contribution in [0.15, 0.2) is 10.7 Å². The summed E-state index contributed by atoms with van der Waals surface area (Å²) in [4.78, 5) is 8.28. The molecule has 1 aromatic heterocycles. The first-order valence-corrected chi connectivity index (χ1v) is 7.28. The average Bonchev–Trinajstić information content (AvgIpc) is 2.76. The van der Waals surface area contributed by atoms with Crippen LogP contribution in [-0.4, -0.2) is 27.0 Å². The van der Waals surface area contributed by atoms with E-state index < -0.39 is 0 Å². The molecule has 1 aliphatic heterocycles. The minimum atomic E-state index is 0.306. The molecule has 94 valence electrons. The number of anilines is 2. The van der Waals surface area contributed by atoms with E-state index in [1.165, 1.54) is 18.6 Å². The van der Waals surface area contributed by atoms with Gasteiger partial charge >= 0.3 is 0 Å². The van der Waals surface area contributed by atoms with Crippen molar-refractivity contribution in [2.24, 2.45) is 5.84 Å². The Morgan fingerprint density at radius 2 is 2.47 bits per heavy atom. The Balaban J connectivity index is 2.02. The van der Waals surface area contributed by atoms with E-state index in [0.29, 0.717) is 10.7 Å². The van der Waals surface area contributed by atoms with Crippen molar-refractivity contribution in [1.29, 1.82) is 0 Å². The molecule has 0 aromatic carbocycles. The fourth-order valence-corrected chi connectivity index (χ4v) is 3.38. The van der Waals surface area contributed by atoms with Crippen LogP contribution < -0.4 is 16.6 Å². The predicted molar refractivity (Wildman–Crippen MR) is 76.1 cm³/mol. The Kier molecular flexibility index (Phi) is 4.11. The van der Waals surface area contributed by atoms with Crippen LogP contribution in [0.5, 0.6) is 0 Å². The highest BCUT2D eigenvalue weighted by molar-refractivity contribution is 9.10. The fraction of sp³-hybridized carbons (Fsp3) is 0.600. The molecule has 1 aliphatic rings. The molecule has 0 spiro atoms. The molecule has 1 aromatic rings. The van der Waals surface area contributed by atoms with Gasteiger partial charge < -0.3 is 5.32 Å². The molecule has 17 heavy (non-hydrogen) atoms. The number of aromatic nitrogens is 2. The molecular weight excluding hydrogens is 302 g/mol. The number of nitrogens with two attached hydrogens (primary N) is 1. The van der Waals surface area contributed by atoms with E-state index in [2.05, 4.69) is 43.6 Å². The van der Waals surface area contributed by atoms with Gasteiger partial charge in [0, 0.05) is 17.5 Å². The molecule has 0 radical (unpaired) electrons. The van der Waals surface area contributed by atoms with E-state index in [4.69, 9.17) is 5.84 Å². The fourth-order valence-electron chi connectivity index (χ4n) is 1.81. The standard InChI is InChI=1S/C10H16BrN5S/c1-10(3-2-4-17-10)6-14-8-7(11)5-13-9(15-8)16-12/h5H,2-4,6,12H2,1H3,(H2,13,14,15,16). The molecule has 2 rings (SSSR count). The summed E-state index contributed by atoms with van der Waals surface area (Å²) >= 11 is 5.44. The van der Waals surface area contributed by atoms with Gasteiger partial charge in [0.1, 0.15) is 5.82 Å². The third kappa shape index (κ3) is 3.23. The molecule has 1 unspecified atom stereocenters. The van der Waals surface area contributed by atoms with E-state index >= 15 is 0 Å². The maximum atomic E-state index is 5.29. The van der Waals surface area contributed by atoms with E-state index in [1.807, 2.05) is 11.8 Å². The number of thioether (sulfide) groups is 1. The molecule has 1 atom stereocenters. The van der Waals surface area contributed by atoms with Crippen LogP contribution in [0.1, 0.15) is 19.8 Å². The van der Waals surface area contributed by atoms with Crippen molar-refractivity contribution < 1.29 is 0 Å². The summed E-state index contributed by atoms with van der Waals surface area (Å²) in [7, 11) is 0. The minimum absolute atomic E-state index is 0.306. The van der Waals surface area contributed by atoms with Crippen molar-refractivity contribution in [1.82, 2.24) is 9.97 Å². The number of hydrogen-bond donors (Lipinski definition) is 3. The smallest absolute Gasteiger partial charge is 0.239 e. The van der Waals surface area contributed by atoms with Crippen LogP contribution in [-0.2, 0) is 0 Å². The lowest BCUT2D eigenvalue weighted by Gasteiger charge is -2.23. The van der Waals surface area contributed by atoms with Gasteiger partial charge in [-0.1, -0.05) is 0 Å². The van der Waals surface area contributed by atoms with Crippen LogP contribution >= 0.6 is 27.7 Å². The van der Waals surface area contributed by atoms with Gasteiger partial charge in [0.05, 0.1) is 4.47 Å². The summed E-state index contributed by atoms with van der Waals surface area (Å²) in [6, 6.07) is 0. The van der Waals surface area contributed by atoms with Crippen LogP contribution in [0.3, 0.4) is 0 Å². The van der Waals surface area contributed by atoms with Gasteiger partial charge in [-0.15, -0.1) is 0 Å². The summed E-state index contributed by atoms with van der Waals surface area (Å²) < 4.78 is 1.16. The summed E-state index contributed by atoms with van der Waals surface area (Å²) in [5.41, 5.74) is 2.44. The third-order valence-electron chi connectivity index (χ3n) is 2.80. The number of hydrazine groups is 1. The number of nitrogens with zero attached hydrogens (tertiary/aromatic N) is 2. The second-order valence-electron chi connectivity index (χ2n) is 4.29. The largest absolute Gasteiger partial charge is 0.368 e. The summed E-state index contributed by atoms with van der Waals surface area (Å²) in [5, 5.41) is 3.36. The van der Waals surface area contributed by atoms with Gasteiger partial charge in [0.15, 0.2) is 0 Å². The van der Waals surface area contributed by atoms with Crippen molar-refractivity contribution in [3.8, 4) is 0 Å². The number of nitrogens with one attached hydrogen (secondary N) is 2. The predicted octanol–water partition coefficient (Wildman–Crippen LogP) is 2.22. The number of nitrogen functional groups attached to an aromatic ring is 1. The normalized spacial score (nSPS) is 23.7. The van der Waals surface area contributed by atoms with Gasteiger partial charge in [0.2, 0.25) is 5.95 Å². The number of halogens is 1. The Labute approximate surface area is 113 Å². The summed E-state index contributed by atoms with van der Waals surface area (Å²) in [5.74, 6) is 7.74. The van der Waals surface area contributed by atoms with Crippen LogP contribution in [0.4, 0.5) is 11.8 Å². The monoisotopic (exact) mass is 317 g/mol. The van der Waals surface area contributed by atoms with E-state index in [-0.39, 0.29) is 0 Å². The van der Waals surface area contributed by atoms with Gasteiger partial charge in [-0.05, 0) is 41.4 Å². The molecule has 2 heterocycles. The maximum absolute atomic E-state index is 5.29. The van der Waals surface area contributed by atoms with Crippen LogP contribution in [0.25, 0.3) is 0 Å². The van der Waals surface area contributed by atoms with Crippen LogP contribution in [0.2, 0.25) is 0 Å². The maximum Gasteiger partial charge on any atom is 0.239 e. The van der Waals surface area contributed by atoms with Crippen molar-refractivity contribution in [3.63, 3.8) is 0 Å². The van der Waals surface area contributed by atoms with Crippen LogP contribution in [0, 0.1) is 0 Å². The molecule has 1 fully saturated rings. The quantitative estimate of drug-likeness (QED) is 0.584. The lowest BCUT2D eigenvalue weighted by molar-refractivity contribution is 0.633. The summed E-state index contributed by atoms with van der Waals surface area (Å²) in [6.07, 6.45) is 4.23. The molecule has 0 bridgehead atoms. The molecule has 0 aliphatic carbocycles. The van der Waals surface area contributed by atoms with Gasteiger partial charge in [-0.25, -0.2) is 10.8 Å². The first kappa shape index (κ1) is 12.9. The Bertz CT molecular complexity index is 394. The van der Waals surface area contributed by atoms with Crippen molar-refractivity contribution in [2.75, 3.05) is 23.0 Å². The zero-order chi connectivity index (χ0) is 12.3. The van der Waals surface area contributed by atoms with Gasteiger partial charge in [0.25, 0.3) is 0 Å². The van der Waals surface area contributed by atoms with Crippen molar-refractivity contribution in [2.45, 2.75) is 24.5 Å². The highest BCUT2D eigenvalue weighted by Gasteiger charge is 2.29. The van der Waals surface area contributed by atoms with Gasteiger partial charge in [-0.3, -0.25) is 5.43 Å². The van der Waals surface area contributed by atoms with Crippen molar-refractivity contribution >= 4 is 39.5 Å². The average molecular weight is 318 g/mol. The van der Waals surface area contributed by atoms with E-state index in [1.54, 1.807) is 6.20 Å². The van der Waals surface area contributed by atoms with E-state index in [9.17, 15) is 0 Å². The lowest BCUT2D eigenvalue weighted by Crippen LogP contribution is -2.27. The first-order chi connectivity index (χ1) is 8.13. The molecule has 7 heteroatoms. The molecule has 0 saturated carbocycles. The second kappa shape index (κ2) is 5.41. The Hall–Kier alpha value is -0.530. The highest BCUT2D eigenvalue weighted by Crippen LogP contribution is 2.37. The zero-order valence-electron chi connectivity index (χ0n) is 9.66. The second-order valence-corrected chi connectivity index (χ2v) is 6.83. The molecule has 5 nitrogen and oxygen atoms in total. The number of rotatable bonds is 4. The first-order valence-electron chi connectivity index (χ1n) is 5.50. The lowest BCUT2D eigenvalue weighted by atomic mass is 10.1. The zero-order valence-corrected chi connectivity index (χ0v) is 12.1. The number of hydrogen-bond acceptors (Lipinski definition) is 6. The summed E-state index contributed by atoms with van der Waals surface area (Å²) in [6.45, 7) is 3.19. The third-order valence-corrected chi connectivity index (χ3v) is 4.92. The minimum Gasteiger partial charge on any atom is -0.368 e. The van der Waals surface area contributed by atoms with E-state index in [0.717, 1.165) is 16.8 Å². The molecule has 0 amide bonds. The molecular formula is C10H16BrN5S. The van der Waals surface area contributed by atoms with Crippen molar-refractivity contribution in [3.05, 3.63) is 10.7 Å². The Morgan fingerprint density at radius 1 is 1.65 bits per heavy atom. The molecule has 1 saturated heterocycles. The highest BCUT2D eigenvalue weighted by atomic mass is 79.9.